The molecule has 0 amide bonds. The van der Waals surface area contributed by atoms with Gasteiger partial charge < -0.3 is 0 Å². The van der Waals surface area contributed by atoms with Crippen LogP contribution in [-0.4, -0.2) is 15.9 Å². The molecule has 2 heterocycles. The van der Waals surface area contributed by atoms with Gasteiger partial charge in [-0.1, -0.05) is 44.2 Å². The minimum Gasteiger partial charge on any atom is -0.299 e. The molecule has 2 aromatic heterocycles. The number of allylic oxidation sites excluding steroid dienone is 1. The lowest BCUT2D eigenvalue weighted by molar-refractivity contribution is -0.104. The van der Waals surface area contributed by atoms with Gasteiger partial charge in [-0.25, -0.2) is 8.91 Å². The standard InChI is InChI=1S/C25H21FN2O/c1-17(2)24-21(9-6-16-29)25(19-10-12-20(26)13-11-19)27-28-22(14-15-23(24)28)18-7-4-3-5-8-18/h3-17H,1-2H3. The van der Waals surface area contributed by atoms with Crippen LogP contribution < -0.4 is 0 Å². The highest BCUT2D eigenvalue weighted by atomic mass is 19.1. The topological polar surface area (TPSA) is 34.4 Å². The van der Waals surface area contributed by atoms with Crippen LogP contribution in [0.1, 0.15) is 30.9 Å². The van der Waals surface area contributed by atoms with Crippen LogP contribution in [0.2, 0.25) is 0 Å². The van der Waals surface area contributed by atoms with E-state index in [0.717, 1.165) is 39.8 Å². The summed E-state index contributed by atoms with van der Waals surface area (Å²) in [6, 6.07) is 20.5. The average molecular weight is 384 g/mol. The number of fused-ring (bicyclic) bond motifs is 1. The third kappa shape index (κ3) is 3.49. The van der Waals surface area contributed by atoms with Crippen LogP contribution in [0.4, 0.5) is 4.39 Å². The molecule has 0 fully saturated rings. The second-order valence-corrected chi connectivity index (χ2v) is 7.21. The SMILES string of the molecule is CC(C)c1c(C=CC=O)c(-c2ccc(F)cc2)nn2c(-c3ccccc3)ccc12. The summed E-state index contributed by atoms with van der Waals surface area (Å²) in [4.78, 5) is 11.0. The molecule has 0 saturated heterocycles. The van der Waals surface area contributed by atoms with Gasteiger partial charge in [-0.05, 0) is 60.0 Å². The molecule has 0 aliphatic rings. The number of aldehydes is 1. The van der Waals surface area contributed by atoms with Crippen molar-refractivity contribution in [1.82, 2.24) is 9.61 Å². The fourth-order valence-corrected chi connectivity index (χ4v) is 3.72. The van der Waals surface area contributed by atoms with Crippen molar-refractivity contribution in [2.75, 3.05) is 0 Å². The number of rotatable bonds is 5. The smallest absolute Gasteiger partial charge is 0.142 e. The van der Waals surface area contributed by atoms with Crippen LogP contribution in [0.15, 0.2) is 72.8 Å². The third-order valence-electron chi connectivity index (χ3n) is 4.98. The van der Waals surface area contributed by atoms with Gasteiger partial charge in [0.05, 0.1) is 16.9 Å². The normalized spacial score (nSPS) is 11.6. The maximum absolute atomic E-state index is 13.5. The van der Waals surface area contributed by atoms with Gasteiger partial charge in [-0.2, -0.15) is 5.10 Å². The number of hydrogen-bond donors (Lipinski definition) is 0. The first-order valence-electron chi connectivity index (χ1n) is 9.59. The molecule has 0 radical (unpaired) electrons. The maximum Gasteiger partial charge on any atom is 0.142 e. The number of carbonyl (C=O) groups excluding carboxylic acids is 1. The summed E-state index contributed by atoms with van der Waals surface area (Å²) in [6.45, 7) is 4.24. The molecule has 0 saturated carbocycles. The zero-order chi connectivity index (χ0) is 20.4. The number of carbonyl (C=O) groups is 1. The van der Waals surface area contributed by atoms with Crippen molar-refractivity contribution in [2.45, 2.75) is 19.8 Å². The molecule has 4 rings (SSSR count). The summed E-state index contributed by atoms with van der Waals surface area (Å²) in [5.41, 5.74) is 6.53. The predicted molar refractivity (Wildman–Crippen MR) is 115 cm³/mol. The van der Waals surface area contributed by atoms with Gasteiger partial charge in [0.2, 0.25) is 0 Å². The molecule has 0 unspecified atom stereocenters. The van der Waals surface area contributed by atoms with E-state index in [-0.39, 0.29) is 11.7 Å². The van der Waals surface area contributed by atoms with E-state index >= 15 is 0 Å². The molecule has 4 aromatic rings. The highest BCUT2D eigenvalue weighted by molar-refractivity contribution is 5.85. The van der Waals surface area contributed by atoms with E-state index in [4.69, 9.17) is 5.10 Å². The van der Waals surface area contributed by atoms with Crippen LogP contribution in [0.25, 0.3) is 34.1 Å². The Bertz CT molecular complexity index is 1190. The first-order valence-corrected chi connectivity index (χ1v) is 9.59. The Morgan fingerprint density at radius 3 is 2.31 bits per heavy atom. The quantitative estimate of drug-likeness (QED) is 0.306. The summed E-state index contributed by atoms with van der Waals surface area (Å²) in [5.74, 6) is -0.0978. The van der Waals surface area contributed by atoms with Gasteiger partial charge in [-0.15, -0.1) is 0 Å². The molecule has 0 atom stereocenters. The summed E-state index contributed by atoms with van der Waals surface area (Å²) in [5, 5.41) is 4.93. The van der Waals surface area contributed by atoms with E-state index in [9.17, 15) is 9.18 Å². The van der Waals surface area contributed by atoms with Gasteiger partial charge in [0.15, 0.2) is 0 Å². The first kappa shape index (κ1) is 18.8. The van der Waals surface area contributed by atoms with Crippen molar-refractivity contribution in [2.24, 2.45) is 0 Å². The largest absolute Gasteiger partial charge is 0.299 e. The van der Waals surface area contributed by atoms with Gasteiger partial charge >= 0.3 is 0 Å². The lowest BCUT2D eigenvalue weighted by Crippen LogP contribution is -2.06. The Hall–Kier alpha value is -3.53. The zero-order valence-electron chi connectivity index (χ0n) is 16.3. The zero-order valence-corrected chi connectivity index (χ0v) is 16.3. The van der Waals surface area contributed by atoms with E-state index in [1.165, 1.54) is 18.2 Å². The maximum atomic E-state index is 13.5. The molecule has 0 aliphatic heterocycles. The minimum absolute atomic E-state index is 0.199. The molecule has 4 heteroatoms. The number of halogens is 1. The van der Waals surface area contributed by atoms with Crippen molar-refractivity contribution >= 4 is 17.9 Å². The van der Waals surface area contributed by atoms with Crippen molar-refractivity contribution in [3.05, 3.63) is 89.8 Å². The van der Waals surface area contributed by atoms with E-state index in [1.54, 1.807) is 18.2 Å². The van der Waals surface area contributed by atoms with E-state index in [0.29, 0.717) is 5.69 Å². The molecule has 144 valence electrons. The van der Waals surface area contributed by atoms with Crippen LogP contribution in [-0.2, 0) is 4.79 Å². The van der Waals surface area contributed by atoms with Crippen molar-refractivity contribution in [3.63, 3.8) is 0 Å². The Labute approximate surface area is 169 Å². The summed E-state index contributed by atoms with van der Waals surface area (Å²) < 4.78 is 15.5. The number of benzene rings is 2. The van der Waals surface area contributed by atoms with Crippen molar-refractivity contribution < 1.29 is 9.18 Å². The molecule has 0 aliphatic carbocycles. The summed E-state index contributed by atoms with van der Waals surface area (Å²) in [6.07, 6.45) is 4.03. The minimum atomic E-state index is -0.296. The second-order valence-electron chi connectivity index (χ2n) is 7.21. The van der Waals surface area contributed by atoms with E-state index in [1.807, 2.05) is 22.7 Å². The van der Waals surface area contributed by atoms with E-state index < -0.39 is 0 Å². The molecule has 29 heavy (non-hydrogen) atoms. The number of nitrogens with zero attached hydrogens (tertiary/aromatic N) is 2. The predicted octanol–water partition coefficient (Wildman–Crippen LogP) is 6.14. The molecule has 0 N–H and O–H groups in total. The number of hydrogen-bond acceptors (Lipinski definition) is 2. The van der Waals surface area contributed by atoms with Gasteiger partial charge in [0, 0.05) is 16.7 Å². The number of aromatic nitrogens is 2. The Morgan fingerprint density at radius 2 is 1.66 bits per heavy atom. The third-order valence-corrected chi connectivity index (χ3v) is 4.98. The van der Waals surface area contributed by atoms with Gasteiger partial charge in [0.25, 0.3) is 0 Å². The van der Waals surface area contributed by atoms with Crippen molar-refractivity contribution in [1.29, 1.82) is 0 Å². The average Bonchev–Trinajstić information content (AvgIpc) is 3.15. The molecule has 3 nitrogen and oxygen atoms in total. The van der Waals surface area contributed by atoms with Crippen LogP contribution in [0, 0.1) is 5.82 Å². The monoisotopic (exact) mass is 384 g/mol. The lowest BCUT2D eigenvalue weighted by Gasteiger charge is -2.17. The lowest BCUT2D eigenvalue weighted by atomic mass is 9.93. The highest BCUT2D eigenvalue weighted by Gasteiger charge is 2.19. The Balaban J connectivity index is 2.09. The fourth-order valence-electron chi connectivity index (χ4n) is 3.72. The van der Waals surface area contributed by atoms with Crippen LogP contribution in [0.3, 0.4) is 0 Å². The summed E-state index contributed by atoms with van der Waals surface area (Å²) >= 11 is 0. The van der Waals surface area contributed by atoms with Crippen molar-refractivity contribution in [3.8, 4) is 22.5 Å². The Kier molecular flexibility index (Phi) is 5.09. The Morgan fingerprint density at radius 1 is 0.931 bits per heavy atom. The van der Waals surface area contributed by atoms with Gasteiger partial charge in [-0.3, -0.25) is 4.79 Å². The summed E-state index contributed by atoms with van der Waals surface area (Å²) in [7, 11) is 0. The van der Waals surface area contributed by atoms with Gasteiger partial charge in [0.1, 0.15) is 12.1 Å². The molecule has 0 bridgehead atoms. The van der Waals surface area contributed by atoms with Crippen LogP contribution >= 0.6 is 0 Å². The second kappa shape index (κ2) is 7.84. The molecular weight excluding hydrogens is 363 g/mol. The molecular formula is C25H21FN2O. The highest BCUT2D eigenvalue weighted by Crippen LogP contribution is 2.35. The fraction of sp³-hybridized carbons (Fsp3) is 0.120. The molecule has 2 aromatic carbocycles. The first-order chi connectivity index (χ1) is 14.1. The molecule has 0 spiro atoms. The van der Waals surface area contributed by atoms with Crippen LogP contribution in [0.5, 0.6) is 0 Å². The van der Waals surface area contributed by atoms with E-state index in [2.05, 4.69) is 38.1 Å².